The van der Waals surface area contributed by atoms with Crippen molar-refractivity contribution in [2.45, 2.75) is 50.5 Å². The number of dihydropyridines is 1. The van der Waals surface area contributed by atoms with Gasteiger partial charge >= 0.3 is 5.97 Å². The number of hydrogen-bond donors (Lipinski definition) is 1. The number of esters is 1. The predicted octanol–water partition coefficient (Wildman–Crippen LogP) is 4.80. The van der Waals surface area contributed by atoms with Gasteiger partial charge in [-0.15, -0.1) is 0 Å². The second-order valence-electron chi connectivity index (χ2n) is 10.5. The first-order valence-corrected chi connectivity index (χ1v) is 13.9. The minimum absolute atomic E-state index is 0.0506. The number of rotatable bonds is 9. The zero-order valence-electron chi connectivity index (χ0n) is 24.2. The van der Waals surface area contributed by atoms with Gasteiger partial charge in [-0.05, 0) is 55.5 Å². The van der Waals surface area contributed by atoms with Crippen molar-refractivity contribution in [2.75, 3.05) is 41.7 Å². The number of ether oxygens (including phenoxy) is 6. The second kappa shape index (κ2) is 12.3. The average molecular weight is 564 g/mol. The van der Waals surface area contributed by atoms with Crippen molar-refractivity contribution in [3.63, 3.8) is 0 Å². The van der Waals surface area contributed by atoms with Crippen LogP contribution in [0.2, 0.25) is 0 Å². The number of carbonyl (C=O) groups is 2. The molecule has 2 aromatic rings. The topological polar surface area (TPSA) is 102 Å². The summed E-state index contributed by atoms with van der Waals surface area (Å²) >= 11 is 0. The smallest absolute Gasteiger partial charge is 0.336 e. The summed E-state index contributed by atoms with van der Waals surface area (Å²) in [7, 11) is 6.24. The van der Waals surface area contributed by atoms with Gasteiger partial charge in [-0.1, -0.05) is 18.2 Å². The molecule has 41 heavy (non-hydrogen) atoms. The van der Waals surface area contributed by atoms with Crippen LogP contribution in [0, 0.1) is 0 Å². The molecule has 218 valence electrons. The third-order valence-corrected chi connectivity index (χ3v) is 8.07. The lowest BCUT2D eigenvalue weighted by molar-refractivity contribution is -0.142. The molecule has 1 saturated heterocycles. The quantitative estimate of drug-likeness (QED) is 0.431. The van der Waals surface area contributed by atoms with Crippen molar-refractivity contribution in [1.29, 1.82) is 0 Å². The summed E-state index contributed by atoms with van der Waals surface area (Å²) in [4.78, 5) is 27.8. The van der Waals surface area contributed by atoms with Crippen molar-refractivity contribution in [3.8, 4) is 23.0 Å². The average Bonchev–Trinajstić information content (AvgIpc) is 3.52. The second-order valence-corrected chi connectivity index (χ2v) is 10.5. The molecule has 2 aromatic carbocycles. The van der Waals surface area contributed by atoms with Crippen molar-refractivity contribution in [1.82, 2.24) is 5.32 Å². The van der Waals surface area contributed by atoms with E-state index in [1.807, 2.05) is 31.2 Å². The number of para-hydroxylation sites is 1. The molecule has 0 saturated carbocycles. The highest BCUT2D eigenvalue weighted by atomic mass is 16.6. The fourth-order valence-electron chi connectivity index (χ4n) is 6.16. The zero-order valence-corrected chi connectivity index (χ0v) is 24.2. The highest BCUT2D eigenvalue weighted by Crippen LogP contribution is 2.49. The molecule has 5 rings (SSSR count). The first-order chi connectivity index (χ1) is 19.9. The van der Waals surface area contributed by atoms with Crippen LogP contribution in [0.15, 0.2) is 58.9 Å². The summed E-state index contributed by atoms with van der Waals surface area (Å²) < 4.78 is 33.8. The van der Waals surface area contributed by atoms with Crippen LogP contribution in [0.3, 0.4) is 0 Å². The highest BCUT2D eigenvalue weighted by Gasteiger charge is 2.42. The molecule has 0 bridgehead atoms. The van der Waals surface area contributed by atoms with Crippen molar-refractivity contribution in [2.24, 2.45) is 0 Å². The lowest BCUT2D eigenvalue weighted by atomic mass is 9.71. The fraction of sp³-hybridized carbons (Fsp3) is 0.438. The number of benzene rings is 2. The van der Waals surface area contributed by atoms with Gasteiger partial charge in [0, 0.05) is 41.8 Å². The summed E-state index contributed by atoms with van der Waals surface area (Å²) in [5, 5.41) is 3.40. The fourth-order valence-corrected chi connectivity index (χ4v) is 6.16. The van der Waals surface area contributed by atoms with Gasteiger partial charge in [0.15, 0.2) is 17.3 Å². The first kappa shape index (κ1) is 28.5. The monoisotopic (exact) mass is 563 g/mol. The Kier molecular flexibility index (Phi) is 8.54. The Morgan fingerprint density at radius 3 is 2.32 bits per heavy atom. The van der Waals surface area contributed by atoms with E-state index >= 15 is 0 Å². The Bertz CT molecular complexity index is 1360. The largest absolute Gasteiger partial charge is 0.496 e. The number of Topliss-reactive ketones (excluding diaryl/α,β-unsaturated/α-hetero) is 1. The molecule has 9 heteroatoms. The molecule has 1 N–H and O–H groups in total. The molecule has 0 radical (unpaired) electrons. The van der Waals surface area contributed by atoms with Gasteiger partial charge < -0.3 is 33.7 Å². The Morgan fingerprint density at radius 2 is 1.68 bits per heavy atom. The molecule has 2 heterocycles. The molecule has 2 aliphatic heterocycles. The normalized spacial score (nSPS) is 22.2. The molecule has 3 atom stereocenters. The van der Waals surface area contributed by atoms with Gasteiger partial charge in [-0.25, -0.2) is 4.79 Å². The van der Waals surface area contributed by atoms with E-state index in [1.54, 1.807) is 19.2 Å². The van der Waals surface area contributed by atoms with Crippen LogP contribution in [0.4, 0.5) is 0 Å². The van der Waals surface area contributed by atoms with Crippen molar-refractivity contribution in [3.05, 3.63) is 70.1 Å². The van der Waals surface area contributed by atoms with E-state index in [4.69, 9.17) is 28.4 Å². The molecule has 3 aliphatic rings. The van der Waals surface area contributed by atoms with Crippen LogP contribution in [-0.4, -0.2) is 59.5 Å². The Labute approximate surface area is 240 Å². The van der Waals surface area contributed by atoms with Gasteiger partial charge in [0.25, 0.3) is 0 Å². The number of ketones is 1. The van der Waals surface area contributed by atoms with E-state index in [0.29, 0.717) is 52.7 Å². The van der Waals surface area contributed by atoms with Gasteiger partial charge in [0.05, 0.1) is 40.1 Å². The van der Waals surface area contributed by atoms with Crippen LogP contribution in [-0.2, 0) is 19.1 Å². The maximum Gasteiger partial charge on any atom is 0.336 e. The minimum Gasteiger partial charge on any atom is -0.496 e. The summed E-state index contributed by atoms with van der Waals surface area (Å²) in [5.74, 6) is 0.730. The van der Waals surface area contributed by atoms with Crippen LogP contribution in [0.5, 0.6) is 23.0 Å². The molecular formula is C32H37NO8. The number of methoxy groups -OCH3 is 4. The van der Waals surface area contributed by atoms with E-state index in [9.17, 15) is 9.59 Å². The molecule has 3 unspecified atom stereocenters. The minimum atomic E-state index is -0.692. The van der Waals surface area contributed by atoms with E-state index in [0.717, 1.165) is 29.9 Å². The van der Waals surface area contributed by atoms with E-state index in [2.05, 4.69) is 5.32 Å². The molecule has 1 fully saturated rings. The maximum absolute atomic E-state index is 14.0. The summed E-state index contributed by atoms with van der Waals surface area (Å²) in [6.45, 7) is 2.67. The molecule has 0 aromatic heterocycles. The van der Waals surface area contributed by atoms with Gasteiger partial charge in [0.1, 0.15) is 12.4 Å². The highest BCUT2D eigenvalue weighted by molar-refractivity contribution is 6.04. The van der Waals surface area contributed by atoms with E-state index in [-0.39, 0.29) is 30.8 Å². The third-order valence-electron chi connectivity index (χ3n) is 8.07. The molecule has 9 nitrogen and oxygen atoms in total. The molecular weight excluding hydrogens is 526 g/mol. The lowest BCUT2D eigenvalue weighted by Crippen LogP contribution is -2.36. The Balaban J connectivity index is 1.59. The SMILES string of the molecule is COc1ccccc1C1CC(=O)C2=C(C1)NC(C)=C(C(=O)OCC1CCCO1)C2c1cc(OC)c(OC)c(OC)c1. The number of nitrogens with one attached hydrogen (secondary N) is 1. The summed E-state index contributed by atoms with van der Waals surface area (Å²) in [5.41, 5.74) is 3.98. The van der Waals surface area contributed by atoms with Crippen LogP contribution < -0.4 is 24.3 Å². The Morgan fingerprint density at radius 1 is 0.976 bits per heavy atom. The van der Waals surface area contributed by atoms with Crippen LogP contribution in [0.1, 0.15) is 55.6 Å². The van der Waals surface area contributed by atoms with Gasteiger partial charge in [0.2, 0.25) is 5.75 Å². The van der Waals surface area contributed by atoms with Gasteiger partial charge in [-0.3, -0.25) is 4.79 Å². The van der Waals surface area contributed by atoms with Crippen molar-refractivity contribution < 1.29 is 38.0 Å². The summed E-state index contributed by atoms with van der Waals surface area (Å²) in [6.07, 6.45) is 2.52. The molecule has 0 spiro atoms. The van der Waals surface area contributed by atoms with Crippen LogP contribution >= 0.6 is 0 Å². The third kappa shape index (κ3) is 5.51. The van der Waals surface area contributed by atoms with Gasteiger partial charge in [-0.2, -0.15) is 0 Å². The number of hydrogen-bond acceptors (Lipinski definition) is 9. The maximum atomic E-state index is 14.0. The van der Waals surface area contributed by atoms with Crippen molar-refractivity contribution >= 4 is 11.8 Å². The zero-order chi connectivity index (χ0) is 29.1. The standard InChI is InChI=1S/C32H37NO8/c1-18-28(32(35)41-17-21-9-8-12-40-21)29(20-15-26(37-3)31(39-5)27(16-20)38-4)30-23(33-18)13-19(14-24(30)34)22-10-6-7-11-25(22)36-2/h6-7,10-11,15-16,19,21,29,33H,8-9,12-14,17H2,1-5H3. The van der Waals surface area contributed by atoms with E-state index in [1.165, 1.54) is 21.3 Å². The number of allylic oxidation sites excluding steroid dienone is 3. The van der Waals surface area contributed by atoms with E-state index < -0.39 is 11.9 Å². The summed E-state index contributed by atoms with van der Waals surface area (Å²) in [6, 6.07) is 11.4. The first-order valence-electron chi connectivity index (χ1n) is 13.9. The predicted molar refractivity (Wildman–Crippen MR) is 152 cm³/mol. The number of carbonyl (C=O) groups excluding carboxylic acids is 2. The molecule has 0 amide bonds. The Hall–Kier alpha value is -3.98. The lowest BCUT2D eigenvalue weighted by Gasteiger charge is -2.37. The molecule has 1 aliphatic carbocycles. The van der Waals surface area contributed by atoms with Crippen LogP contribution in [0.25, 0.3) is 0 Å².